The first-order chi connectivity index (χ1) is 15.6. The fourth-order valence-electron chi connectivity index (χ4n) is 4.55. The molecule has 0 unspecified atom stereocenters. The van der Waals surface area contributed by atoms with E-state index in [1.54, 1.807) is 0 Å². The molecule has 0 atom stereocenters. The maximum Gasteiger partial charge on any atom is 0.217 e. The van der Waals surface area contributed by atoms with Crippen molar-refractivity contribution in [1.82, 2.24) is 9.55 Å². The smallest absolute Gasteiger partial charge is 0.217 e. The second-order valence-corrected chi connectivity index (χ2v) is 8.13. The number of aryl methyl sites for hydroxylation is 2. The molecule has 2 N–H and O–H groups in total. The third-order valence-electron chi connectivity index (χ3n) is 5.97. The van der Waals surface area contributed by atoms with Gasteiger partial charge >= 0.3 is 0 Å². The summed E-state index contributed by atoms with van der Waals surface area (Å²) in [5, 5.41) is 0. The second kappa shape index (κ2) is 9.65. The Hall–Kier alpha value is -3.66. The first-order valence-electron chi connectivity index (χ1n) is 11.1. The predicted molar refractivity (Wildman–Crippen MR) is 128 cm³/mol. The van der Waals surface area contributed by atoms with Crippen LogP contribution in [0.15, 0.2) is 97.2 Å². The minimum absolute atomic E-state index is 0.247. The Balaban J connectivity index is 1.88. The first kappa shape index (κ1) is 21.6. The SMILES string of the molecule is Cc1nc(CCCCC(N)=O)cn1C(c1ccccc1)(c1ccccc1)c1ccccc1. The predicted octanol–water partition coefficient (Wildman–Crippen LogP) is 5.23. The van der Waals surface area contributed by atoms with E-state index in [4.69, 9.17) is 10.7 Å². The summed E-state index contributed by atoms with van der Waals surface area (Å²) in [6.07, 6.45) is 5.07. The molecule has 1 aromatic heterocycles. The normalized spacial score (nSPS) is 11.4. The van der Waals surface area contributed by atoms with Crippen LogP contribution >= 0.6 is 0 Å². The molecule has 0 radical (unpaired) electrons. The number of imidazole rings is 1. The minimum atomic E-state index is -0.549. The van der Waals surface area contributed by atoms with Crippen LogP contribution in [0.1, 0.15) is 47.5 Å². The van der Waals surface area contributed by atoms with Crippen LogP contribution in [-0.4, -0.2) is 15.5 Å². The van der Waals surface area contributed by atoms with Gasteiger partial charge in [-0.2, -0.15) is 0 Å². The van der Waals surface area contributed by atoms with Crippen LogP contribution in [0.2, 0.25) is 0 Å². The van der Waals surface area contributed by atoms with Crippen LogP contribution in [0, 0.1) is 6.92 Å². The number of hydrogen-bond donors (Lipinski definition) is 1. The highest BCUT2D eigenvalue weighted by atomic mass is 16.1. The molecule has 0 fully saturated rings. The van der Waals surface area contributed by atoms with Crippen molar-refractivity contribution in [3.05, 3.63) is 125 Å². The fraction of sp³-hybridized carbons (Fsp3) is 0.214. The van der Waals surface area contributed by atoms with E-state index in [1.165, 1.54) is 16.7 Å². The molecule has 4 heteroatoms. The molecule has 162 valence electrons. The molecule has 0 bridgehead atoms. The Morgan fingerprint density at radius 1 is 0.812 bits per heavy atom. The molecule has 0 spiro atoms. The number of amides is 1. The summed E-state index contributed by atoms with van der Waals surface area (Å²) in [5.41, 5.74) is 9.31. The summed E-state index contributed by atoms with van der Waals surface area (Å²) >= 11 is 0. The van der Waals surface area contributed by atoms with E-state index in [0.29, 0.717) is 6.42 Å². The quantitative estimate of drug-likeness (QED) is 0.296. The number of carbonyl (C=O) groups excluding carboxylic acids is 1. The highest BCUT2D eigenvalue weighted by molar-refractivity contribution is 5.73. The number of carbonyl (C=O) groups is 1. The molecule has 3 aromatic carbocycles. The van der Waals surface area contributed by atoms with Crippen molar-refractivity contribution in [3.63, 3.8) is 0 Å². The lowest BCUT2D eigenvalue weighted by molar-refractivity contribution is -0.118. The van der Waals surface area contributed by atoms with Gasteiger partial charge in [0.2, 0.25) is 5.91 Å². The van der Waals surface area contributed by atoms with Gasteiger partial charge in [-0.3, -0.25) is 4.79 Å². The van der Waals surface area contributed by atoms with Gasteiger partial charge in [0.1, 0.15) is 11.4 Å². The molecular formula is C28H29N3O. The second-order valence-electron chi connectivity index (χ2n) is 8.13. The number of nitrogens with zero attached hydrogens (tertiary/aromatic N) is 2. The summed E-state index contributed by atoms with van der Waals surface area (Å²) in [6, 6.07) is 31.8. The van der Waals surface area contributed by atoms with Crippen LogP contribution < -0.4 is 5.73 Å². The summed E-state index contributed by atoms with van der Waals surface area (Å²) in [6.45, 7) is 2.07. The zero-order valence-electron chi connectivity index (χ0n) is 18.4. The molecule has 0 aliphatic carbocycles. The van der Waals surface area contributed by atoms with Crippen molar-refractivity contribution in [2.75, 3.05) is 0 Å². The van der Waals surface area contributed by atoms with Crippen molar-refractivity contribution < 1.29 is 4.79 Å². The van der Waals surface area contributed by atoms with Crippen LogP contribution in [0.4, 0.5) is 0 Å². The van der Waals surface area contributed by atoms with Gasteiger partial charge in [-0.25, -0.2) is 4.98 Å². The highest BCUT2D eigenvalue weighted by Gasteiger charge is 2.39. The van der Waals surface area contributed by atoms with Gasteiger partial charge in [0.15, 0.2) is 0 Å². The number of rotatable bonds is 9. The summed E-state index contributed by atoms with van der Waals surface area (Å²) in [7, 11) is 0. The van der Waals surface area contributed by atoms with Crippen LogP contribution in [0.5, 0.6) is 0 Å². The molecule has 0 saturated heterocycles. The summed E-state index contributed by atoms with van der Waals surface area (Å²) in [5.74, 6) is 0.703. The number of benzene rings is 3. The Kier molecular flexibility index (Phi) is 6.50. The largest absolute Gasteiger partial charge is 0.370 e. The average molecular weight is 424 g/mol. The van der Waals surface area contributed by atoms with Gasteiger partial charge in [-0.05, 0) is 42.9 Å². The standard InChI is InChI=1S/C28H29N3O/c1-22-30-26(19-11-12-20-27(29)32)21-31(22)28(23-13-5-2-6-14-23,24-15-7-3-8-16-24)25-17-9-4-10-18-25/h2-10,13-18,21H,11-12,19-20H2,1H3,(H2,29,32). The van der Waals surface area contributed by atoms with Gasteiger partial charge in [0, 0.05) is 12.6 Å². The number of unbranched alkanes of at least 4 members (excludes halogenated alkanes) is 1. The molecule has 0 aliphatic heterocycles. The van der Waals surface area contributed by atoms with Crippen molar-refractivity contribution in [1.29, 1.82) is 0 Å². The summed E-state index contributed by atoms with van der Waals surface area (Å²) in [4.78, 5) is 16.0. The average Bonchev–Trinajstić information content (AvgIpc) is 3.20. The third kappa shape index (κ3) is 4.22. The number of primary amides is 1. The van der Waals surface area contributed by atoms with E-state index >= 15 is 0 Å². The van der Waals surface area contributed by atoms with Crippen LogP contribution in [0.25, 0.3) is 0 Å². The molecule has 1 amide bonds. The van der Waals surface area contributed by atoms with Gasteiger partial charge < -0.3 is 10.3 Å². The van der Waals surface area contributed by atoms with E-state index in [2.05, 4.69) is 109 Å². The molecule has 4 aromatic rings. The van der Waals surface area contributed by atoms with Gasteiger partial charge in [0.05, 0.1) is 5.69 Å². The van der Waals surface area contributed by atoms with Crippen molar-refractivity contribution >= 4 is 5.91 Å². The van der Waals surface area contributed by atoms with Gasteiger partial charge in [0.25, 0.3) is 0 Å². The van der Waals surface area contributed by atoms with Crippen LogP contribution in [0.3, 0.4) is 0 Å². The van der Waals surface area contributed by atoms with E-state index < -0.39 is 5.54 Å². The van der Waals surface area contributed by atoms with E-state index in [9.17, 15) is 4.79 Å². The Bertz CT molecular complexity index is 1050. The summed E-state index contributed by atoms with van der Waals surface area (Å²) < 4.78 is 2.30. The maximum absolute atomic E-state index is 11.1. The zero-order valence-corrected chi connectivity index (χ0v) is 18.4. The molecule has 32 heavy (non-hydrogen) atoms. The van der Waals surface area contributed by atoms with Crippen LogP contribution in [-0.2, 0) is 16.8 Å². The van der Waals surface area contributed by atoms with E-state index in [-0.39, 0.29) is 5.91 Å². The fourth-order valence-corrected chi connectivity index (χ4v) is 4.55. The molecule has 4 nitrogen and oxygen atoms in total. The number of nitrogens with two attached hydrogens (primary N) is 1. The van der Waals surface area contributed by atoms with Gasteiger partial charge in [-0.15, -0.1) is 0 Å². The molecule has 0 saturated carbocycles. The molecular weight excluding hydrogens is 394 g/mol. The Morgan fingerprint density at radius 2 is 1.28 bits per heavy atom. The van der Waals surface area contributed by atoms with Crippen molar-refractivity contribution in [2.45, 2.75) is 38.1 Å². The lowest BCUT2D eigenvalue weighted by atomic mass is 9.76. The lowest BCUT2D eigenvalue weighted by Gasteiger charge is -2.38. The number of hydrogen-bond acceptors (Lipinski definition) is 2. The number of aromatic nitrogens is 2. The van der Waals surface area contributed by atoms with Crippen molar-refractivity contribution in [3.8, 4) is 0 Å². The van der Waals surface area contributed by atoms with E-state index in [0.717, 1.165) is 30.8 Å². The minimum Gasteiger partial charge on any atom is -0.370 e. The monoisotopic (exact) mass is 423 g/mol. The van der Waals surface area contributed by atoms with E-state index in [1.807, 2.05) is 0 Å². The molecule has 0 aliphatic rings. The Morgan fingerprint density at radius 3 is 1.72 bits per heavy atom. The molecule has 4 rings (SSSR count). The van der Waals surface area contributed by atoms with Gasteiger partial charge in [-0.1, -0.05) is 91.0 Å². The Labute approximate surface area is 189 Å². The topological polar surface area (TPSA) is 60.9 Å². The molecule has 1 heterocycles. The third-order valence-corrected chi connectivity index (χ3v) is 5.97. The maximum atomic E-state index is 11.1. The lowest BCUT2D eigenvalue weighted by Crippen LogP contribution is -2.38. The van der Waals surface area contributed by atoms with Crippen molar-refractivity contribution in [2.24, 2.45) is 5.73 Å². The zero-order chi connectivity index (χ0) is 22.4. The first-order valence-corrected chi connectivity index (χ1v) is 11.1. The highest BCUT2D eigenvalue weighted by Crippen LogP contribution is 2.41.